The second kappa shape index (κ2) is 7.59. The lowest BCUT2D eigenvalue weighted by Gasteiger charge is -2.20. The number of halogens is 7. The molecule has 1 amide bonds. The molecule has 0 radical (unpaired) electrons. The smallest absolute Gasteiger partial charge is 0.426 e. The quantitative estimate of drug-likeness (QED) is 0.257. The van der Waals surface area contributed by atoms with Gasteiger partial charge in [-0.3, -0.25) is 9.69 Å². The third-order valence-electron chi connectivity index (χ3n) is 2.05. The van der Waals surface area contributed by atoms with Crippen molar-refractivity contribution in [3.8, 4) is 5.75 Å². The van der Waals surface area contributed by atoms with E-state index in [2.05, 4.69) is 9.73 Å². The highest BCUT2D eigenvalue weighted by Gasteiger charge is 2.61. The Morgan fingerprint density at radius 1 is 1.32 bits per heavy atom. The van der Waals surface area contributed by atoms with Crippen LogP contribution in [0.15, 0.2) is 29.3 Å². The molecule has 0 aliphatic carbocycles. The van der Waals surface area contributed by atoms with Crippen molar-refractivity contribution in [2.24, 2.45) is 4.99 Å². The highest BCUT2D eigenvalue weighted by atomic mass is 35.5. The molecule has 0 unspecified atom stereocenters. The van der Waals surface area contributed by atoms with E-state index in [-0.39, 0.29) is 18.1 Å². The minimum atomic E-state index is -5.84. The van der Waals surface area contributed by atoms with E-state index in [1.807, 2.05) is 0 Å². The summed E-state index contributed by atoms with van der Waals surface area (Å²) in [6, 6.07) is 4.23. The Balaban J connectivity index is 0.00000441. The van der Waals surface area contributed by atoms with Crippen molar-refractivity contribution >= 4 is 41.4 Å². The molecule has 0 saturated heterocycles. The molecule has 1 aromatic carbocycles. The molecule has 1 rings (SSSR count). The monoisotopic (exact) mass is 366 g/mol. The molecule has 0 bridgehead atoms. The van der Waals surface area contributed by atoms with Gasteiger partial charge in [0.05, 0.1) is 12.0 Å². The van der Waals surface area contributed by atoms with Crippen LogP contribution in [-0.4, -0.2) is 35.9 Å². The lowest BCUT2D eigenvalue weighted by molar-refractivity contribution is -0.360. The van der Waals surface area contributed by atoms with Crippen molar-refractivity contribution in [2.45, 2.75) is 12.3 Å². The molecule has 0 N–H and O–H groups in total. The van der Waals surface area contributed by atoms with E-state index < -0.39 is 23.4 Å². The number of ether oxygens (including phenoxy) is 1. The van der Waals surface area contributed by atoms with Gasteiger partial charge in [-0.25, -0.2) is 4.99 Å². The van der Waals surface area contributed by atoms with Crippen molar-refractivity contribution in [2.75, 3.05) is 7.05 Å². The fraction of sp³-hybridized carbons (Fsp3) is 0.273. The Morgan fingerprint density at radius 2 is 1.91 bits per heavy atom. The van der Waals surface area contributed by atoms with Crippen molar-refractivity contribution in [1.29, 1.82) is 0 Å². The fourth-order valence-corrected chi connectivity index (χ4v) is 1.08. The zero-order chi connectivity index (χ0) is 16.3. The van der Waals surface area contributed by atoms with Crippen LogP contribution < -0.4 is 4.74 Å². The molecule has 0 spiro atoms. The number of rotatable bonds is 4. The molecule has 0 aliphatic heterocycles. The van der Waals surface area contributed by atoms with Gasteiger partial charge in [-0.1, -0.05) is 6.07 Å². The van der Waals surface area contributed by atoms with E-state index in [4.69, 9.17) is 11.6 Å². The molecule has 22 heavy (non-hydrogen) atoms. The van der Waals surface area contributed by atoms with Crippen molar-refractivity contribution in [3.05, 3.63) is 24.3 Å². The van der Waals surface area contributed by atoms with Crippen LogP contribution in [0.3, 0.4) is 0 Å². The second-order valence-corrected chi connectivity index (χ2v) is 4.05. The normalized spacial score (nSPS) is 12.0. The number of carbonyl (C=O) groups excluding carboxylic acids is 1. The Kier molecular flexibility index (Phi) is 7.04. The highest BCUT2D eigenvalue weighted by molar-refractivity contribution is 6.63. The molecule has 124 valence electrons. The van der Waals surface area contributed by atoms with Crippen LogP contribution >= 0.6 is 24.0 Å². The summed E-state index contributed by atoms with van der Waals surface area (Å²) in [6.07, 6.45) is -10.2. The minimum Gasteiger partial charge on any atom is -0.426 e. The summed E-state index contributed by atoms with van der Waals surface area (Å²) in [5.41, 5.74) is -0.00441. The van der Waals surface area contributed by atoms with Gasteiger partial charge in [0.2, 0.25) is 0 Å². The van der Waals surface area contributed by atoms with Crippen molar-refractivity contribution in [1.82, 2.24) is 4.90 Å². The topological polar surface area (TPSA) is 41.9 Å². The van der Waals surface area contributed by atoms with Gasteiger partial charge >= 0.3 is 17.7 Å². The predicted octanol–water partition coefficient (Wildman–Crippen LogP) is 4.59. The van der Waals surface area contributed by atoms with Crippen LogP contribution in [0.5, 0.6) is 5.75 Å². The molecule has 0 aromatic heterocycles. The Hall–Kier alpha value is -1.61. The molecule has 0 aliphatic rings. The SMILES string of the molecule is CN(C=Nc1cccc(OC(F)(F)C(F)(F)F)c1)C(=O)Cl.Cl. The summed E-state index contributed by atoms with van der Waals surface area (Å²) in [7, 11) is 1.27. The van der Waals surface area contributed by atoms with Crippen LogP contribution in [-0.2, 0) is 0 Å². The number of amides is 1. The van der Waals surface area contributed by atoms with Gasteiger partial charge in [0.15, 0.2) is 0 Å². The van der Waals surface area contributed by atoms with Crippen molar-refractivity contribution < 1.29 is 31.5 Å². The molecular formula is C11H9Cl2F5N2O2. The maximum atomic E-state index is 12.7. The lowest BCUT2D eigenvalue weighted by Crippen LogP contribution is -2.41. The summed E-state index contributed by atoms with van der Waals surface area (Å²) >= 11 is 5.11. The zero-order valence-electron chi connectivity index (χ0n) is 10.8. The van der Waals surface area contributed by atoms with Gasteiger partial charge in [0, 0.05) is 13.1 Å². The Morgan fingerprint density at radius 3 is 2.41 bits per heavy atom. The number of carbonyl (C=O) groups is 1. The van der Waals surface area contributed by atoms with Crippen LogP contribution in [0.4, 0.5) is 32.4 Å². The fourth-order valence-electron chi connectivity index (χ4n) is 1.03. The average molecular weight is 367 g/mol. The number of aliphatic imine (C=N–C) groups is 1. The van der Waals surface area contributed by atoms with Crippen LogP contribution in [0, 0.1) is 0 Å². The number of hydrogen-bond acceptors (Lipinski definition) is 3. The molecular weight excluding hydrogens is 358 g/mol. The zero-order valence-corrected chi connectivity index (χ0v) is 12.3. The van der Waals surface area contributed by atoms with E-state index >= 15 is 0 Å². The van der Waals surface area contributed by atoms with Crippen LogP contribution in [0.2, 0.25) is 0 Å². The van der Waals surface area contributed by atoms with Gasteiger partial charge < -0.3 is 4.74 Å². The van der Waals surface area contributed by atoms with Crippen LogP contribution in [0.25, 0.3) is 0 Å². The summed E-state index contributed by atoms with van der Waals surface area (Å²) in [5.74, 6) is -0.730. The highest BCUT2D eigenvalue weighted by Crippen LogP contribution is 2.37. The molecule has 0 atom stereocenters. The van der Waals surface area contributed by atoms with Gasteiger partial charge in [-0.05, 0) is 23.7 Å². The first kappa shape index (κ1) is 20.4. The molecule has 0 saturated carbocycles. The predicted molar refractivity (Wildman–Crippen MR) is 72.5 cm³/mol. The summed E-state index contributed by atoms with van der Waals surface area (Å²) in [6.45, 7) is 0. The Labute approximate surface area is 132 Å². The summed E-state index contributed by atoms with van der Waals surface area (Å²) in [4.78, 5) is 15.2. The number of hydrogen-bond donors (Lipinski definition) is 0. The molecule has 0 heterocycles. The third kappa shape index (κ3) is 5.64. The maximum Gasteiger partial charge on any atom is 0.499 e. The molecule has 0 fully saturated rings. The first-order chi connectivity index (χ1) is 9.53. The van der Waals surface area contributed by atoms with E-state index in [1.165, 1.54) is 13.1 Å². The largest absolute Gasteiger partial charge is 0.499 e. The summed E-state index contributed by atoms with van der Waals surface area (Å²) < 4.78 is 65.0. The van der Waals surface area contributed by atoms with E-state index in [1.54, 1.807) is 0 Å². The van der Waals surface area contributed by atoms with Crippen molar-refractivity contribution in [3.63, 3.8) is 0 Å². The third-order valence-corrected chi connectivity index (χ3v) is 2.32. The Bertz CT molecular complexity index is 552. The minimum absolute atomic E-state index is 0. The number of nitrogens with zero attached hydrogens (tertiary/aromatic N) is 2. The second-order valence-electron chi connectivity index (χ2n) is 3.72. The van der Waals surface area contributed by atoms with E-state index in [0.717, 1.165) is 29.4 Å². The van der Waals surface area contributed by atoms with E-state index in [0.29, 0.717) is 0 Å². The molecule has 11 heteroatoms. The number of alkyl halides is 5. The van der Waals surface area contributed by atoms with E-state index in [9.17, 15) is 26.7 Å². The molecule has 1 aromatic rings. The first-order valence-electron chi connectivity index (χ1n) is 5.23. The maximum absolute atomic E-state index is 12.7. The summed E-state index contributed by atoms with van der Waals surface area (Å²) in [5, 5.41) is -0.852. The first-order valence-corrected chi connectivity index (χ1v) is 5.61. The van der Waals surface area contributed by atoms with Gasteiger partial charge in [-0.2, -0.15) is 22.0 Å². The lowest BCUT2D eigenvalue weighted by atomic mass is 10.3. The van der Waals surface area contributed by atoms with Gasteiger partial charge in [-0.15, -0.1) is 12.4 Å². The number of benzene rings is 1. The molecule has 4 nitrogen and oxygen atoms in total. The van der Waals surface area contributed by atoms with Gasteiger partial charge in [0.25, 0.3) is 0 Å². The van der Waals surface area contributed by atoms with Gasteiger partial charge in [0.1, 0.15) is 5.75 Å². The standard InChI is InChI=1S/C11H8ClF5N2O2.ClH/c1-19(9(12)20)6-18-7-3-2-4-8(5-7)21-11(16,17)10(13,14)15;/h2-6H,1H3;1H. The van der Waals surface area contributed by atoms with Crippen LogP contribution in [0.1, 0.15) is 0 Å². The average Bonchev–Trinajstić information content (AvgIpc) is 2.34.